The Balaban J connectivity index is 1.39. The SMILES string of the molecule is O=C1OC(COP(=O)(OCc2ccccc2)OCc2ccccc2)CN1c1ccc(Br)cn1. The molecule has 0 aliphatic carbocycles. The van der Waals surface area contributed by atoms with E-state index in [-0.39, 0.29) is 26.4 Å². The van der Waals surface area contributed by atoms with E-state index < -0.39 is 20.0 Å². The van der Waals surface area contributed by atoms with Crippen molar-refractivity contribution in [1.82, 2.24) is 4.98 Å². The quantitative estimate of drug-likeness (QED) is 0.308. The molecule has 2 aromatic carbocycles. The van der Waals surface area contributed by atoms with Crippen LogP contribution in [0.2, 0.25) is 0 Å². The fraction of sp³-hybridized carbons (Fsp3) is 0.217. The molecule has 172 valence electrons. The van der Waals surface area contributed by atoms with Crippen molar-refractivity contribution < 1.29 is 27.7 Å². The zero-order valence-corrected chi connectivity index (χ0v) is 20.1. The number of aromatic nitrogens is 1. The van der Waals surface area contributed by atoms with Crippen LogP contribution in [0.5, 0.6) is 0 Å². The van der Waals surface area contributed by atoms with Crippen molar-refractivity contribution in [3.63, 3.8) is 0 Å². The molecule has 8 nitrogen and oxygen atoms in total. The first-order valence-corrected chi connectivity index (χ1v) is 12.5. The molecule has 2 heterocycles. The topological polar surface area (TPSA) is 87.2 Å². The van der Waals surface area contributed by atoms with Gasteiger partial charge in [-0.05, 0) is 39.2 Å². The second-order valence-corrected chi connectivity index (χ2v) is 9.80. The minimum absolute atomic E-state index is 0.0479. The van der Waals surface area contributed by atoms with Gasteiger partial charge in [0, 0.05) is 10.7 Å². The Labute approximate surface area is 200 Å². The van der Waals surface area contributed by atoms with Gasteiger partial charge >= 0.3 is 13.9 Å². The highest BCUT2D eigenvalue weighted by molar-refractivity contribution is 9.10. The number of amides is 1. The highest BCUT2D eigenvalue weighted by Crippen LogP contribution is 2.51. The maximum Gasteiger partial charge on any atom is 0.475 e. The number of phosphoric ester groups is 1. The standard InChI is InChI=1S/C23H22BrN2O6P/c24-20-11-12-22(25-13-20)26-14-21(32-23(26)27)17-31-33(28,29-15-18-7-3-1-4-8-18)30-16-19-9-5-2-6-10-19/h1-13,21H,14-17H2. The Morgan fingerprint density at radius 2 is 1.55 bits per heavy atom. The molecule has 1 amide bonds. The number of rotatable bonds is 10. The molecular weight excluding hydrogens is 511 g/mol. The number of pyridine rings is 1. The number of hydrogen-bond donors (Lipinski definition) is 0. The highest BCUT2D eigenvalue weighted by atomic mass is 79.9. The summed E-state index contributed by atoms with van der Waals surface area (Å²) in [6.07, 6.45) is 0.385. The number of hydrogen-bond acceptors (Lipinski definition) is 7. The van der Waals surface area contributed by atoms with E-state index in [9.17, 15) is 9.36 Å². The van der Waals surface area contributed by atoms with E-state index in [1.807, 2.05) is 60.7 Å². The van der Waals surface area contributed by atoms with Gasteiger partial charge in [0.2, 0.25) is 0 Å². The molecule has 4 rings (SSSR count). The molecule has 1 saturated heterocycles. The van der Waals surface area contributed by atoms with Crippen LogP contribution in [0.1, 0.15) is 11.1 Å². The van der Waals surface area contributed by atoms with Gasteiger partial charge < -0.3 is 4.74 Å². The van der Waals surface area contributed by atoms with Gasteiger partial charge in [-0.1, -0.05) is 60.7 Å². The van der Waals surface area contributed by atoms with Gasteiger partial charge in [-0.2, -0.15) is 0 Å². The number of nitrogens with zero attached hydrogens (tertiary/aromatic N) is 2. The van der Waals surface area contributed by atoms with Gasteiger partial charge in [0.15, 0.2) is 0 Å². The van der Waals surface area contributed by atoms with Crippen molar-refractivity contribution >= 4 is 35.7 Å². The first-order chi connectivity index (χ1) is 16.0. The van der Waals surface area contributed by atoms with E-state index in [0.29, 0.717) is 5.82 Å². The molecule has 1 aliphatic heterocycles. The maximum atomic E-state index is 13.3. The van der Waals surface area contributed by atoms with Crippen molar-refractivity contribution in [2.24, 2.45) is 0 Å². The maximum absolute atomic E-state index is 13.3. The van der Waals surface area contributed by atoms with Gasteiger partial charge in [0.05, 0.1) is 26.4 Å². The summed E-state index contributed by atoms with van der Waals surface area (Å²) in [5.74, 6) is 0.453. The third-order valence-corrected chi connectivity index (χ3v) is 6.57. The predicted molar refractivity (Wildman–Crippen MR) is 126 cm³/mol. The molecular formula is C23H22BrN2O6P. The molecule has 0 radical (unpaired) electrons. The minimum Gasteiger partial charge on any atom is -0.441 e. The number of carbonyl (C=O) groups excluding carboxylic acids is 1. The molecule has 1 aromatic heterocycles. The van der Waals surface area contributed by atoms with Crippen molar-refractivity contribution in [1.29, 1.82) is 0 Å². The number of benzene rings is 2. The second kappa shape index (κ2) is 11.0. The largest absolute Gasteiger partial charge is 0.475 e. The zero-order valence-electron chi connectivity index (χ0n) is 17.6. The lowest BCUT2D eigenvalue weighted by Gasteiger charge is -2.19. The lowest BCUT2D eigenvalue weighted by atomic mass is 10.2. The smallest absolute Gasteiger partial charge is 0.441 e. The molecule has 1 aliphatic rings. The van der Waals surface area contributed by atoms with Gasteiger partial charge in [-0.3, -0.25) is 18.5 Å². The molecule has 1 atom stereocenters. The van der Waals surface area contributed by atoms with Crippen LogP contribution < -0.4 is 4.90 Å². The highest BCUT2D eigenvalue weighted by Gasteiger charge is 2.36. The van der Waals surface area contributed by atoms with Crippen LogP contribution in [0.25, 0.3) is 0 Å². The summed E-state index contributed by atoms with van der Waals surface area (Å²) in [5.41, 5.74) is 1.65. The van der Waals surface area contributed by atoms with Crippen LogP contribution >= 0.6 is 23.8 Å². The Bertz CT molecular complexity index is 1050. The number of phosphoric acid groups is 1. The summed E-state index contributed by atoms with van der Waals surface area (Å²) in [6.45, 7) is 0.142. The summed E-state index contributed by atoms with van der Waals surface area (Å²) >= 11 is 3.31. The number of anilines is 1. The molecule has 0 spiro atoms. The molecule has 1 unspecified atom stereocenters. The molecule has 1 fully saturated rings. The van der Waals surface area contributed by atoms with Crippen LogP contribution in [0.4, 0.5) is 10.6 Å². The molecule has 0 bridgehead atoms. The molecule has 10 heteroatoms. The number of halogens is 1. The van der Waals surface area contributed by atoms with E-state index in [1.54, 1.807) is 18.3 Å². The Kier molecular flexibility index (Phi) is 7.90. The summed E-state index contributed by atoms with van der Waals surface area (Å²) in [5, 5.41) is 0. The van der Waals surface area contributed by atoms with E-state index in [0.717, 1.165) is 15.6 Å². The van der Waals surface area contributed by atoms with Crippen molar-refractivity contribution in [2.75, 3.05) is 18.1 Å². The minimum atomic E-state index is -3.95. The molecule has 0 N–H and O–H groups in total. The van der Waals surface area contributed by atoms with Gasteiger partial charge in [0.25, 0.3) is 0 Å². The Morgan fingerprint density at radius 3 is 2.09 bits per heavy atom. The van der Waals surface area contributed by atoms with Gasteiger partial charge in [-0.25, -0.2) is 14.3 Å². The third kappa shape index (κ3) is 6.72. The van der Waals surface area contributed by atoms with Gasteiger partial charge in [0.1, 0.15) is 11.9 Å². The molecule has 0 saturated carbocycles. The average Bonchev–Trinajstić information content (AvgIpc) is 3.23. The van der Waals surface area contributed by atoms with Crippen molar-refractivity contribution in [3.05, 3.63) is 94.6 Å². The summed E-state index contributed by atoms with van der Waals surface area (Å²) in [4.78, 5) is 17.9. The number of ether oxygens (including phenoxy) is 1. The lowest BCUT2D eigenvalue weighted by Crippen LogP contribution is -2.26. The second-order valence-electron chi connectivity index (χ2n) is 7.21. The third-order valence-electron chi connectivity index (χ3n) is 4.75. The first-order valence-electron chi connectivity index (χ1n) is 10.2. The zero-order chi connectivity index (χ0) is 23.1. The summed E-state index contributed by atoms with van der Waals surface area (Å²) in [6, 6.07) is 22.1. The fourth-order valence-corrected chi connectivity index (χ4v) is 4.49. The van der Waals surface area contributed by atoms with Crippen LogP contribution in [-0.2, 0) is 36.1 Å². The fourth-order valence-electron chi connectivity index (χ4n) is 3.06. The Morgan fingerprint density at radius 1 is 0.939 bits per heavy atom. The molecule has 3 aromatic rings. The van der Waals surface area contributed by atoms with Crippen LogP contribution in [0.15, 0.2) is 83.5 Å². The lowest BCUT2D eigenvalue weighted by molar-refractivity contribution is 0.0596. The van der Waals surface area contributed by atoms with Crippen LogP contribution in [0, 0.1) is 0 Å². The van der Waals surface area contributed by atoms with Crippen molar-refractivity contribution in [3.8, 4) is 0 Å². The van der Waals surface area contributed by atoms with E-state index in [2.05, 4.69) is 20.9 Å². The summed E-state index contributed by atoms with van der Waals surface area (Å²) in [7, 11) is -3.95. The van der Waals surface area contributed by atoms with Gasteiger partial charge in [-0.15, -0.1) is 0 Å². The molecule has 33 heavy (non-hydrogen) atoms. The average molecular weight is 533 g/mol. The number of cyclic esters (lactones) is 1. The Hall–Kier alpha value is -2.55. The monoisotopic (exact) mass is 532 g/mol. The van der Waals surface area contributed by atoms with E-state index in [4.69, 9.17) is 18.3 Å². The number of carbonyl (C=O) groups is 1. The van der Waals surface area contributed by atoms with Crippen LogP contribution in [-0.4, -0.2) is 30.3 Å². The van der Waals surface area contributed by atoms with Crippen LogP contribution in [0.3, 0.4) is 0 Å². The summed E-state index contributed by atoms with van der Waals surface area (Å²) < 4.78 is 36.3. The first kappa shape index (κ1) is 23.6. The normalized spacial score (nSPS) is 16.1. The van der Waals surface area contributed by atoms with E-state index >= 15 is 0 Å². The predicted octanol–water partition coefficient (Wildman–Crippen LogP) is 5.73. The van der Waals surface area contributed by atoms with Crippen molar-refractivity contribution in [2.45, 2.75) is 19.3 Å². The van der Waals surface area contributed by atoms with E-state index in [1.165, 1.54) is 4.90 Å².